The number of hydrogen-bond donors (Lipinski definition) is 1. The van der Waals surface area contributed by atoms with Gasteiger partial charge >= 0.3 is 0 Å². The van der Waals surface area contributed by atoms with Crippen molar-refractivity contribution in [3.8, 4) is 0 Å². The van der Waals surface area contributed by atoms with E-state index in [0.29, 0.717) is 0 Å². The normalized spacial score (nSPS) is 23.8. The van der Waals surface area contributed by atoms with Crippen LogP contribution < -0.4 is 5.48 Å². The van der Waals surface area contributed by atoms with Crippen LogP contribution in [0.2, 0.25) is 0 Å². The summed E-state index contributed by atoms with van der Waals surface area (Å²) in [5.41, 5.74) is 3.82. The monoisotopic (exact) mass is 151 g/mol. The van der Waals surface area contributed by atoms with E-state index < -0.39 is 0 Å². The molecule has 1 aliphatic heterocycles. The quantitative estimate of drug-likeness (QED) is 0.632. The second kappa shape index (κ2) is 2.94. The van der Waals surface area contributed by atoms with Gasteiger partial charge in [0.15, 0.2) is 0 Å². The van der Waals surface area contributed by atoms with Gasteiger partial charge in [-0.2, -0.15) is 5.48 Å². The fourth-order valence-corrected chi connectivity index (χ4v) is 1.09. The molecule has 0 aliphatic carbocycles. The minimum Gasteiger partial charge on any atom is -0.301 e. The Hall–Kier alpha value is -1.00. The molecule has 1 aromatic rings. The van der Waals surface area contributed by atoms with Crippen LogP contribution in [-0.2, 0) is 4.84 Å². The molecule has 0 saturated carbocycles. The lowest BCUT2D eigenvalue weighted by molar-refractivity contribution is 0.0876. The van der Waals surface area contributed by atoms with Crippen LogP contribution in [0.25, 0.3) is 0 Å². The molecule has 1 atom stereocenters. The van der Waals surface area contributed by atoms with E-state index in [9.17, 15) is 0 Å². The number of rotatable bonds is 1. The highest BCUT2D eigenvalue weighted by Gasteiger charge is 2.17. The summed E-state index contributed by atoms with van der Waals surface area (Å²) in [7, 11) is 0. The van der Waals surface area contributed by atoms with Crippen molar-refractivity contribution in [1.82, 2.24) is 15.4 Å². The first-order chi connectivity index (χ1) is 5.47. The molecule has 1 fully saturated rings. The molecule has 0 amide bonds. The second-order valence-corrected chi connectivity index (χ2v) is 2.44. The molecule has 11 heavy (non-hydrogen) atoms. The Morgan fingerprint density at radius 1 is 1.55 bits per heavy atom. The Morgan fingerprint density at radius 2 is 2.55 bits per heavy atom. The van der Waals surface area contributed by atoms with Crippen molar-refractivity contribution in [3.63, 3.8) is 0 Å². The maximum Gasteiger partial charge on any atom is 0.0781 e. The Kier molecular flexibility index (Phi) is 1.79. The van der Waals surface area contributed by atoms with E-state index >= 15 is 0 Å². The third-order valence-corrected chi connectivity index (χ3v) is 1.67. The SMILES string of the molecule is c1cnc([C@@H]2CCON2)cn1. The average Bonchev–Trinajstić information content (AvgIpc) is 2.58. The van der Waals surface area contributed by atoms with Crippen molar-refractivity contribution in [3.05, 3.63) is 24.3 Å². The van der Waals surface area contributed by atoms with Crippen LogP contribution in [-0.4, -0.2) is 16.6 Å². The van der Waals surface area contributed by atoms with Gasteiger partial charge in [0.2, 0.25) is 0 Å². The minimum atomic E-state index is 0.226. The van der Waals surface area contributed by atoms with Crippen molar-refractivity contribution < 1.29 is 4.84 Å². The van der Waals surface area contributed by atoms with Gasteiger partial charge in [-0.15, -0.1) is 0 Å². The van der Waals surface area contributed by atoms with Crippen LogP contribution in [0.3, 0.4) is 0 Å². The van der Waals surface area contributed by atoms with Gasteiger partial charge in [0.05, 0.1) is 24.5 Å². The standard InChI is InChI=1S/C7H9N3O/c1-4-11-10-6(1)7-5-8-2-3-9-7/h2-3,5-6,10H,1,4H2/t6-/m0/s1. The minimum absolute atomic E-state index is 0.226. The Balaban J connectivity index is 2.16. The Morgan fingerprint density at radius 3 is 3.18 bits per heavy atom. The summed E-state index contributed by atoms with van der Waals surface area (Å²) < 4.78 is 0. The van der Waals surface area contributed by atoms with Gasteiger partial charge in [-0.1, -0.05) is 0 Å². The van der Waals surface area contributed by atoms with E-state index in [1.54, 1.807) is 18.6 Å². The number of nitrogens with one attached hydrogen (secondary N) is 1. The van der Waals surface area contributed by atoms with Crippen molar-refractivity contribution in [2.24, 2.45) is 0 Å². The third kappa shape index (κ3) is 1.36. The van der Waals surface area contributed by atoms with Crippen LogP contribution in [0.4, 0.5) is 0 Å². The van der Waals surface area contributed by atoms with E-state index in [4.69, 9.17) is 4.84 Å². The smallest absolute Gasteiger partial charge is 0.0781 e. The van der Waals surface area contributed by atoms with Crippen LogP contribution in [0.15, 0.2) is 18.6 Å². The van der Waals surface area contributed by atoms with E-state index in [-0.39, 0.29) is 6.04 Å². The van der Waals surface area contributed by atoms with Crippen molar-refractivity contribution in [2.75, 3.05) is 6.61 Å². The van der Waals surface area contributed by atoms with Gasteiger partial charge in [0.1, 0.15) is 0 Å². The van der Waals surface area contributed by atoms with Crippen LogP contribution in [0, 0.1) is 0 Å². The van der Waals surface area contributed by atoms with E-state index in [2.05, 4.69) is 15.4 Å². The summed E-state index contributed by atoms with van der Waals surface area (Å²) in [4.78, 5) is 13.1. The Bertz CT molecular complexity index is 220. The predicted octanol–water partition coefficient (Wildman–Crippen LogP) is 0.443. The first-order valence-corrected chi connectivity index (χ1v) is 3.60. The lowest BCUT2D eigenvalue weighted by Gasteiger charge is -2.04. The van der Waals surface area contributed by atoms with Gasteiger partial charge in [0, 0.05) is 12.4 Å². The highest BCUT2D eigenvalue weighted by Crippen LogP contribution is 2.16. The molecule has 0 bridgehead atoms. The molecule has 1 aromatic heterocycles. The van der Waals surface area contributed by atoms with Gasteiger partial charge < -0.3 is 4.84 Å². The molecule has 0 aromatic carbocycles. The largest absolute Gasteiger partial charge is 0.301 e. The van der Waals surface area contributed by atoms with Crippen molar-refractivity contribution >= 4 is 0 Å². The summed E-state index contributed by atoms with van der Waals surface area (Å²) in [6, 6.07) is 0.226. The summed E-state index contributed by atoms with van der Waals surface area (Å²) in [6.07, 6.45) is 6.08. The predicted molar refractivity (Wildman–Crippen MR) is 38.5 cm³/mol. The maximum absolute atomic E-state index is 4.99. The molecule has 1 N–H and O–H groups in total. The fraction of sp³-hybridized carbons (Fsp3) is 0.429. The molecular weight excluding hydrogens is 142 g/mol. The van der Waals surface area contributed by atoms with E-state index in [1.165, 1.54) is 0 Å². The zero-order valence-electron chi connectivity index (χ0n) is 6.03. The van der Waals surface area contributed by atoms with Gasteiger partial charge in [-0.25, -0.2) is 0 Å². The molecule has 1 saturated heterocycles. The lowest BCUT2D eigenvalue weighted by Crippen LogP contribution is -2.12. The molecule has 2 rings (SSSR count). The number of nitrogens with zero attached hydrogens (tertiary/aromatic N) is 2. The second-order valence-electron chi connectivity index (χ2n) is 2.44. The van der Waals surface area contributed by atoms with Crippen LogP contribution in [0.1, 0.15) is 18.2 Å². The maximum atomic E-state index is 4.99. The molecule has 0 radical (unpaired) electrons. The molecule has 2 heterocycles. The molecular formula is C7H9N3O. The molecule has 0 spiro atoms. The zero-order valence-corrected chi connectivity index (χ0v) is 6.03. The summed E-state index contributed by atoms with van der Waals surface area (Å²) in [5, 5.41) is 0. The molecule has 58 valence electrons. The van der Waals surface area contributed by atoms with Crippen LogP contribution >= 0.6 is 0 Å². The first kappa shape index (κ1) is 6.69. The molecule has 4 nitrogen and oxygen atoms in total. The zero-order chi connectivity index (χ0) is 7.52. The topological polar surface area (TPSA) is 47.0 Å². The molecule has 4 heteroatoms. The summed E-state index contributed by atoms with van der Waals surface area (Å²) >= 11 is 0. The van der Waals surface area contributed by atoms with Gasteiger partial charge in [0.25, 0.3) is 0 Å². The first-order valence-electron chi connectivity index (χ1n) is 3.60. The summed E-state index contributed by atoms with van der Waals surface area (Å²) in [5.74, 6) is 0. The van der Waals surface area contributed by atoms with Gasteiger partial charge in [-0.05, 0) is 6.42 Å². The highest BCUT2D eigenvalue weighted by atomic mass is 16.7. The van der Waals surface area contributed by atoms with Crippen molar-refractivity contribution in [1.29, 1.82) is 0 Å². The van der Waals surface area contributed by atoms with Crippen molar-refractivity contribution in [2.45, 2.75) is 12.5 Å². The van der Waals surface area contributed by atoms with E-state index in [1.807, 2.05) is 0 Å². The molecule has 1 aliphatic rings. The highest BCUT2D eigenvalue weighted by molar-refractivity contribution is 5.01. The van der Waals surface area contributed by atoms with E-state index in [0.717, 1.165) is 18.7 Å². The average molecular weight is 151 g/mol. The number of hydrogen-bond acceptors (Lipinski definition) is 4. The lowest BCUT2D eigenvalue weighted by atomic mass is 10.2. The third-order valence-electron chi connectivity index (χ3n) is 1.67. The molecule has 0 unspecified atom stereocenters. The number of aromatic nitrogens is 2. The Labute approximate surface area is 64.6 Å². The van der Waals surface area contributed by atoms with Gasteiger partial charge in [-0.3, -0.25) is 9.97 Å². The number of hydroxylamine groups is 1. The summed E-state index contributed by atoms with van der Waals surface area (Å²) in [6.45, 7) is 0.751. The fourth-order valence-electron chi connectivity index (χ4n) is 1.09. The van der Waals surface area contributed by atoms with Crippen LogP contribution in [0.5, 0.6) is 0 Å².